The van der Waals surface area contributed by atoms with Gasteiger partial charge in [0, 0.05) is 26.1 Å². The Morgan fingerprint density at radius 2 is 1.89 bits per heavy atom. The predicted molar refractivity (Wildman–Crippen MR) is 106 cm³/mol. The molecule has 0 bridgehead atoms. The van der Waals surface area contributed by atoms with Gasteiger partial charge in [0.25, 0.3) is 0 Å². The van der Waals surface area contributed by atoms with Crippen LogP contribution in [0.1, 0.15) is 37.8 Å². The number of methoxy groups -OCH3 is 2. The molecule has 2 aliphatic rings. The molecule has 2 atom stereocenters. The second kappa shape index (κ2) is 9.28. The number of nitrogens with zero attached hydrogens (tertiary/aromatic N) is 2. The summed E-state index contributed by atoms with van der Waals surface area (Å²) in [7, 11) is 3.17. The summed E-state index contributed by atoms with van der Waals surface area (Å²) in [5.74, 6) is 0.795. The van der Waals surface area contributed by atoms with Crippen LogP contribution in [-0.4, -0.2) is 68.6 Å². The monoisotopic (exact) mass is 389 g/mol. The van der Waals surface area contributed by atoms with Crippen molar-refractivity contribution in [3.63, 3.8) is 0 Å². The number of ether oxygens (including phenoxy) is 2. The van der Waals surface area contributed by atoms with E-state index in [9.17, 15) is 9.59 Å². The van der Waals surface area contributed by atoms with E-state index in [1.165, 1.54) is 12.8 Å². The third-order valence-corrected chi connectivity index (χ3v) is 5.78. The van der Waals surface area contributed by atoms with Gasteiger partial charge in [0.2, 0.25) is 11.8 Å². The summed E-state index contributed by atoms with van der Waals surface area (Å²) in [6.45, 7) is 6.21. The summed E-state index contributed by atoms with van der Waals surface area (Å²) in [5, 5.41) is 3.05. The molecule has 28 heavy (non-hydrogen) atoms. The van der Waals surface area contributed by atoms with Crippen molar-refractivity contribution in [3.05, 3.63) is 23.8 Å². The van der Waals surface area contributed by atoms with E-state index < -0.39 is 5.92 Å². The molecule has 0 unspecified atom stereocenters. The molecular weight excluding hydrogens is 358 g/mol. The van der Waals surface area contributed by atoms with Crippen LogP contribution >= 0.6 is 0 Å². The first kappa shape index (κ1) is 20.5. The second-order valence-electron chi connectivity index (χ2n) is 7.39. The molecule has 1 N–H and O–H groups in total. The minimum Gasteiger partial charge on any atom is -0.493 e. The first-order valence-electron chi connectivity index (χ1n) is 10.1. The van der Waals surface area contributed by atoms with Gasteiger partial charge < -0.3 is 24.6 Å². The number of amides is 2. The van der Waals surface area contributed by atoms with Crippen LogP contribution in [0.2, 0.25) is 0 Å². The average Bonchev–Trinajstić information content (AvgIpc) is 3.34. The standard InChI is InChI=1S/C21H31N3O4/c1-4-24-19(25)14-16(21(26)22-9-12-23-10-5-6-11-23)20(24)15-7-8-17(27-2)18(13-15)28-3/h7-8,13,16,20H,4-6,9-12,14H2,1-3H3,(H,22,26)/t16-,20+/m1/s1. The van der Waals surface area contributed by atoms with E-state index in [1.54, 1.807) is 19.1 Å². The first-order valence-corrected chi connectivity index (χ1v) is 10.1. The molecule has 3 rings (SSSR count). The van der Waals surface area contributed by atoms with Crippen LogP contribution in [0, 0.1) is 5.92 Å². The maximum absolute atomic E-state index is 12.9. The lowest BCUT2D eigenvalue weighted by Gasteiger charge is -2.28. The molecule has 154 valence electrons. The molecule has 1 aromatic rings. The minimum atomic E-state index is -0.399. The van der Waals surface area contributed by atoms with Crippen LogP contribution in [0.5, 0.6) is 11.5 Å². The van der Waals surface area contributed by atoms with Gasteiger partial charge in [-0.15, -0.1) is 0 Å². The molecule has 0 aromatic heterocycles. The lowest BCUT2D eigenvalue weighted by Crippen LogP contribution is -2.39. The highest BCUT2D eigenvalue weighted by molar-refractivity contribution is 5.90. The number of carbonyl (C=O) groups is 2. The van der Waals surface area contributed by atoms with Gasteiger partial charge in [-0.2, -0.15) is 0 Å². The number of benzene rings is 1. The maximum atomic E-state index is 12.9. The summed E-state index contributed by atoms with van der Waals surface area (Å²) in [6.07, 6.45) is 2.71. The highest BCUT2D eigenvalue weighted by Gasteiger charge is 2.43. The Kier molecular flexibility index (Phi) is 6.78. The van der Waals surface area contributed by atoms with Gasteiger partial charge in [0.05, 0.1) is 26.2 Å². The highest BCUT2D eigenvalue weighted by Crippen LogP contribution is 2.41. The quantitative estimate of drug-likeness (QED) is 0.734. The Morgan fingerprint density at radius 3 is 2.54 bits per heavy atom. The molecule has 7 nitrogen and oxygen atoms in total. The predicted octanol–water partition coefficient (Wildman–Crippen LogP) is 1.83. The lowest BCUT2D eigenvalue weighted by molar-refractivity contribution is -0.129. The fourth-order valence-electron chi connectivity index (χ4n) is 4.32. The van der Waals surface area contributed by atoms with Crippen molar-refractivity contribution in [3.8, 4) is 11.5 Å². The second-order valence-corrected chi connectivity index (χ2v) is 7.39. The van der Waals surface area contributed by atoms with E-state index in [0.717, 1.165) is 25.2 Å². The van der Waals surface area contributed by atoms with Gasteiger partial charge in [-0.05, 0) is 50.6 Å². The Balaban J connectivity index is 1.75. The number of likely N-dealkylation sites (tertiary alicyclic amines) is 2. The molecule has 0 radical (unpaired) electrons. The Bertz CT molecular complexity index is 703. The summed E-state index contributed by atoms with van der Waals surface area (Å²) in [6, 6.07) is 5.32. The van der Waals surface area contributed by atoms with Crippen LogP contribution in [0.4, 0.5) is 0 Å². The summed E-state index contributed by atoms with van der Waals surface area (Å²) in [5.41, 5.74) is 0.894. The van der Waals surface area contributed by atoms with Crippen molar-refractivity contribution < 1.29 is 19.1 Å². The van der Waals surface area contributed by atoms with Crippen LogP contribution < -0.4 is 14.8 Å². The Hall–Kier alpha value is -2.28. The zero-order chi connectivity index (χ0) is 20.1. The highest BCUT2D eigenvalue weighted by atomic mass is 16.5. The van der Waals surface area contributed by atoms with Crippen LogP contribution in [0.15, 0.2) is 18.2 Å². The number of carbonyl (C=O) groups excluding carboxylic acids is 2. The lowest BCUT2D eigenvalue weighted by atomic mass is 9.92. The first-order chi connectivity index (χ1) is 13.6. The van der Waals surface area contributed by atoms with E-state index >= 15 is 0 Å². The van der Waals surface area contributed by atoms with Crippen molar-refractivity contribution in [1.82, 2.24) is 15.1 Å². The third kappa shape index (κ3) is 4.24. The van der Waals surface area contributed by atoms with E-state index in [1.807, 2.05) is 25.1 Å². The summed E-state index contributed by atoms with van der Waals surface area (Å²) >= 11 is 0. The minimum absolute atomic E-state index is 0.0157. The van der Waals surface area contributed by atoms with Gasteiger partial charge in [-0.25, -0.2) is 0 Å². The average molecular weight is 389 g/mol. The molecule has 0 spiro atoms. The molecule has 2 heterocycles. The zero-order valence-corrected chi connectivity index (χ0v) is 17.1. The van der Waals surface area contributed by atoms with Crippen LogP contribution in [0.3, 0.4) is 0 Å². The van der Waals surface area contributed by atoms with Gasteiger partial charge in [-0.1, -0.05) is 6.07 Å². The summed E-state index contributed by atoms with van der Waals surface area (Å²) in [4.78, 5) is 29.6. The van der Waals surface area contributed by atoms with E-state index in [2.05, 4.69) is 10.2 Å². The largest absolute Gasteiger partial charge is 0.493 e. The van der Waals surface area contributed by atoms with Crippen molar-refractivity contribution in [2.45, 2.75) is 32.2 Å². The van der Waals surface area contributed by atoms with Gasteiger partial charge in [0.1, 0.15) is 0 Å². The van der Waals surface area contributed by atoms with Crippen molar-refractivity contribution in [2.75, 3.05) is 46.9 Å². The number of rotatable bonds is 8. The van der Waals surface area contributed by atoms with Crippen molar-refractivity contribution in [2.24, 2.45) is 5.92 Å². The number of nitrogens with one attached hydrogen (secondary N) is 1. The SMILES string of the molecule is CCN1C(=O)C[C@@H](C(=O)NCCN2CCCC2)[C@@H]1c1ccc(OC)c(OC)c1. The smallest absolute Gasteiger partial charge is 0.226 e. The number of hydrogen-bond acceptors (Lipinski definition) is 5. The fourth-order valence-corrected chi connectivity index (χ4v) is 4.32. The molecule has 7 heteroatoms. The van der Waals surface area contributed by atoms with Gasteiger partial charge >= 0.3 is 0 Å². The molecule has 0 aliphatic carbocycles. The van der Waals surface area contributed by atoms with E-state index in [4.69, 9.17) is 9.47 Å². The Labute approximate surface area is 167 Å². The third-order valence-electron chi connectivity index (χ3n) is 5.78. The van der Waals surface area contributed by atoms with Crippen molar-refractivity contribution >= 4 is 11.8 Å². The molecular formula is C21H31N3O4. The molecule has 1 aromatic carbocycles. The number of hydrogen-bond donors (Lipinski definition) is 1. The van der Waals surface area contributed by atoms with Crippen LogP contribution in [-0.2, 0) is 9.59 Å². The maximum Gasteiger partial charge on any atom is 0.226 e. The molecule has 2 saturated heterocycles. The van der Waals surface area contributed by atoms with Gasteiger partial charge in [-0.3, -0.25) is 9.59 Å². The van der Waals surface area contributed by atoms with E-state index in [0.29, 0.717) is 24.6 Å². The van der Waals surface area contributed by atoms with Crippen LogP contribution in [0.25, 0.3) is 0 Å². The molecule has 2 aliphatic heterocycles. The molecule has 2 fully saturated rings. The topological polar surface area (TPSA) is 71.1 Å². The summed E-state index contributed by atoms with van der Waals surface area (Å²) < 4.78 is 10.7. The van der Waals surface area contributed by atoms with E-state index in [-0.39, 0.29) is 24.3 Å². The zero-order valence-electron chi connectivity index (χ0n) is 17.1. The van der Waals surface area contributed by atoms with Crippen molar-refractivity contribution in [1.29, 1.82) is 0 Å². The molecule has 0 saturated carbocycles. The normalized spacial score (nSPS) is 22.5. The van der Waals surface area contributed by atoms with Gasteiger partial charge in [0.15, 0.2) is 11.5 Å². The Morgan fingerprint density at radius 1 is 1.18 bits per heavy atom. The molecule has 2 amide bonds. The fraction of sp³-hybridized carbons (Fsp3) is 0.619.